The van der Waals surface area contributed by atoms with Crippen LogP contribution in [0.4, 0.5) is 5.00 Å². The number of aryl methyl sites for hydroxylation is 1. The maximum absolute atomic E-state index is 7.00. The summed E-state index contributed by atoms with van der Waals surface area (Å²) in [7, 11) is 2.81. The molecule has 0 aromatic carbocycles. The minimum Gasteiger partial charge on any atom is -0.400 e. The van der Waals surface area contributed by atoms with Crippen molar-refractivity contribution in [2.45, 2.75) is 46.1 Å². The van der Waals surface area contributed by atoms with E-state index in [1.807, 2.05) is 32.2 Å². The van der Waals surface area contributed by atoms with Crippen LogP contribution in [-0.2, 0) is 19.4 Å². The van der Waals surface area contributed by atoms with Gasteiger partial charge in [-0.3, -0.25) is 4.99 Å². The van der Waals surface area contributed by atoms with Gasteiger partial charge < -0.3 is 15.7 Å². The van der Waals surface area contributed by atoms with Crippen molar-refractivity contribution >= 4 is 22.3 Å². The molecule has 0 saturated heterocycles. The van der Waals surface area contributed by atoms with Crippen LogP contribution >= 0.6 is 11.3 Å². The van der Waals surface area contributed by atoms with Crippen LogP contribution in [0.25, 0.3) is 0 Å². The molecule has 0 amide bonds. The Hall–Kier alpha value is -1.07. The summed E-state index contributed by atoms with van der Waals surface area (Å²) < 4.78 is 0. The van der Waals surface area contributed by atoms with Crippen LogP contribution in [0.2, 0.25) is 0 Å². The molecule has 1 aromatic rings. The standard InChI is InChI=1S/C11H15N3S.C2H6.CH4O/c1-12-11-13-6-8-7-4-2-3-5-9(7)15-10(8)14-11;2*1-2/h2-6H2,1H3,(H2,12,13,14);1-2H3;2H,1H3. The van der Waals surface area contributed by atoms with Crippen LogP contribution in [0.1, 0.15) is 42.7 Å². The largest absolute Gasteiger partial charge is 0.400 e. The zero-order valence-electron chi connectivity index (χ0n) is 12.3. The number of nitrogens with zero attached hydrogens (tertiary/aromatic N) is 1. The van der Waals surface area contributed by atoms with Crippen LogP contribution in [-0.4, -0.2) is 25.2 Å². The van der Waals surface area contributed by atoms with Crippen molar-refractivity contribution < 1.29 is 5.11 Å². The van der Waals surface area contributed by atoms with Crippen molar-refractivity contribution in [3.8, 4) is 0 Å². The first-order chi connectivity index (χ1) is 9.38. The molecule has 0 atom stereocenters. The normalized spacial score (nSPS) is 17.6. The van der Waals surface area contributed by atoms with E-state index in [2.05, 4.69) is 15.6 Å². The van der Waals surface area contributed by atoms with Gasteiger partial charge in [-0.2, -0.15) is 0 Å². The fourth-order valence-electron chi connectivity index (χ4n) is 2.38. The maximum Gasteiger partial charge on any atom is 0.196 e. The van der Waals surface area contributed by atoms with Gasteiger partial charge in [0.25, 0.3) is 0 Å². The molecule has 1 aliphatic carbocycles. The second-order valence-electron chi connectivity index (χ2n) is 4.07. The van der Waals surface area contributed by atoms with E-state index >= 15 is 0 Å². The van der Waals surface area contributed by atoms with Crippen LogP contribution in [0.5, 0.6) is 0 Å². The SMILES string of the molecule is CC.CN=C1NCc2c(sc3c2CCCC3)N1.CO. The number of hydrogen-bond donors (Lipinski definition) is 3. The van der Waals surface area contributed by atoms with Gasteiger partial charge in [-0.15, -0.1) is 11.3 Å². The van der Waals surface area contributed by atoms with E-state index in [-0.39, 0.29) is 0 Å². The molecule has 0 bridgehead atoms. The number of rotatable bonds is 0. The smallest absolute Gasteiger partial charge is 0.196 e. The lowest BCUT2D eigenvalue weighted by molar-refractivity contribution is 0.399. The molecule has 5 heteroatoms. The van der Waals surface area contributed by atoms with Crippen LogP contribution < -0.4 is 10.6 Å². The third-order valence-electron chi connectivity index (χ3n) is 3.17. The second-order valence-corrected chi connectivity index (χ2v) is 5.17. The summed E-state index contributed by atoms with van der Waals surface area (Å²) >= 11 is 1.92. The molecule has 2 aliphatic rings. The molecule has 108 valence electrons. The van der Waals surface area contributed by atoms with Crippen LogP contribution in [0, 0.1) is 0 Å². The average molecular weight is 283 g/mol. The van der Waals surface area contributed by atoms with E-state index in [0.29, 0.717) is 0 Å². The molecule has 0 fully saturated rings. The number of anilines is 1. The van der Waals surface area contributed by atoms with Crippen molar-refractivity contribution in [3.63, 3.8) is 0 Å². The summed E-state index contributed by atoms with van der Waals surface area (Å²) in [6.45, 7) is 4.95. The molecule has 2 heterocycles. The molecule has 0 radical (unpaired) electrons. The fourth-order valence-corrected chi connectivity index (χ4v) is 3.69. The molecule has 1 aliphatic heterocycles. The van der Waals surface area contributed by atoms with Gasteiger partial charge in [-0.05, 0) is 31.2 Å². The Bertz CT molecular complexity index is 427. The van der Waals surface area contributed by atoms with Crippen molar-refractivity contribution in [1.82, 2.24) is 5.32 Å². The van der Waals surface area contributed by atoms with E-state index < -0.39 is 0 Å². The number of aliphatic imine (C=N–C) groups is 1. The molecular formula is C14H25N3OS. The monoisotopic (exact) mass is 283 g/mol. The van der Waals surface area contributed by atoms with Gasteiger partial charge >= 0.3 is 0 Å². The number of thiophene rings is 1. The lowest BCUT2D eigenvalue weighted by Crippen LogP contribution is -2.34. The van der Waals surface area contributed by atoms with Crippen molar-refractivity contribution in [3.05, 3.63) is 16.0 Å². The summed E-state index contributed by atoms with van der Waals surface area (Å²) in [5.41, 5.74) is 3.10. The molecule has 0 saturated carbocycles. The first-order valence-electron chi connectivity index (χ1n) is 6.94. The Morgan fingerprint density at radius 2 is 1.79 bits per heavy atom. The third-order valence-corrected chi connectivity index (χ3v) is 4.42. The van der Waals surface area contributed by atoms with Gasteiger partial charge in [-0.25, -0.2) is 0 Å². The van der Waals surface area contributed by atoms with Crippen LogP contribution in [0.3, 0.4) is 0 Å². The summed E-state index contributed by atoms with van der Waals surface area (Å²) in [5, 5.41) is 15.0. The van der Waals surface area contributed by atoms with E-state index in [1.54, 1.807) is 10.4 Å². The van der Waals surface area contributed by atoms with Gasteiger partial charge in [0.15, 0.2) is 5.96 Å². The number of guanidine groups is 1. The lowest BCUT2D eigenvalue weighted by Gasteiger charge is -2.19. The minimum absolute atomic E-state index is 0.904. The Balaban J connectivity index is 0.000000415. The summed E-state index contributed by atoms with van der Waals surface area (Å²) in [6, 6.07) is 0. The quantitative estimate of drug-likeness (QED) is 0.686. The Kier molecular flexibility index (Phi) is 6.87. The molecule has 0 spiro atoms. The third kappa shape index (κ3) is 3.48. The predicted molar refractivity (Wildman–Crippen MR) is 84.3 cm³/mol. The number of fused-ring (bicyclic) bond motifs is 3. The Morgan fingerprint density at radius 3 is 2.47 bits per heavy atom. The molecule has 3 rings (SSSR count). The highest BCUT2D eigenvalue weighted by Crippen LogP contribution is 2.39. The zero-order chi connectivity index (χ0) is 14.3. The van der Waals surface area contributed by atoms with Gasteiger partial charge in [0, 0.05) is 31.1 Å². The highest BCUT2D eigenvalue weighted by atomic mass is 32.1. The first-order valence-corrected chi connectivity index (χ1v) is 7.76. The maximum atomic E-state index is 7.00. The average Bonchev–Trinajstić information content (AvgIpc) is 2.88. The lowest BCUT2D eigenvalue weighted by atomic mass is 9.95. The molecule has 1 aromatic heterocycles. The first kappa shape index (κ1) is 16.0. The predicted octanol–water partition coefficient (Wildman–Crippen LogP) is 2.76. The molecular weight excluding hydrogens is 258 g/mol. The summed E-state index contributed by atoms with van der Waals surface area (Å²) in [4.78, 5) is 5.75. The number of aliphatic hydroxyl groups is 1. The van der Waals surface area contributed by atoms with Gasteiger partial charge in [0.2, 0.25) is 0 Å². The van der Waals surface area contributed by atoms with Crippen LogP contribution in [0.15, 0.2) is 4.99 Å². The molecule has 0 unspecified atom stereocenters. The highest BCUT2D eigenvalue weighted by molar-refractivity contribution is 7.16. The van der Waals surface area contributed by atoms with Crippen molar-refractivity contribution in [2.24, 2.45) is 4.99 Å². The minimum atomic E-state index is 0.904. The Morgan fingerprint density at radius 1 is 1.11 bits per heavy atom. The number of hydrogen-bond acceptors (Lipinski definition) is 3. The topological polar surface area (TPSA) is 56.7 Å². The summed E-state index contributed by atoms with van der Waals surface area (Å²) in [6.07, 6.45) is 5.25. The number of nitrogens with one attached hydrogen (secondary N) is 2. The highest BCUT2D eigenvalue weighted by Gasteiger charge is 2.23. The van der Waals surface area contributed by atoms with Gasteiger partial charge in [0.05, 0.1) is 0 Å². The second kappa shape index (κ2) is 8.17. The Labute approximate surface area is 120 Å². The van der Waals surface area contributed by atoms with E-state index in [0.717, 1.165) is 19.6 Å². The molecule has 19 heavy (non-hydrogen) atoms. The fraction of sp³-hybridized carbons (Fsp3) is 0.643. The van der Waals surface area contributed by atoms with E-state index in [9.17, 15) is 0 Å². The summed E-state index contributed by atoms with van der Waals surface area (Å²) in [5.74, 6) is 0.904. The zero-order valence-corrected chi connectivity index (χ0v) is 13.2. The molecule has 4 nitrogen and oxygen atoms in total. The van der Waals surface area contributed by atoms with E-state index in [1.165, 1.54) is 36.2 Å². The number of aliphatic hydroxyl groups excluding tert-OH is 1. The molecule has 3 N–H and O–H groups in total. The van der Waals surface area contributed by atoms with Crippen molar-refractivity contribution in [2.75, 3.05) is 19.5 Å². The van der Waals surface area contributed by atoms with Gasteiger partial charge in [0.1, 0.15) is 5.00 Å². The van der Waals surface area contributed by atoms with Gasteiger partial charge in [-0.1, -0.05) is 13.8 Å². The van der Waals surface area contributed by atoms with E-state index in [4.69, 9.17) is 5.11 Å². The van der Waals surface area contributed by atoms with Crippen molar-refractivity contribution in [1.29, 1.82) is 0 Å².